The Hall–Kier alpha value is -1.78. The summed E-state index contributed by atoms with van der Waals surface area (Å²) in [5.74, 6) is 0.924. The highest BCUT2D eigenvalue weighted by Gasteiger charge is 2.02. The minimum atomic E-state index is 0.694. The first-order valence-electron chi connectivity index (χ1n) is 4.48. The van der Waals surface area contributed by atoms with E-state index in [1.807, 2.05) is 26.4 Å². The van der Waals surface area contributed by atoms with Gasteiger partial charge in [0.15, 0.2) is 0 Å². The summed E-state index contributed by atoms with van der Waals surface area (Å²) in [6.07, 6.45) is 5.51. The number of aryl methyl sites for hydroxylation is 2. The van der Waals surface area contributed by atoms with Crippen molar-refractivity contribution >= 4 is 5.69 Å². The van der Waals surface area contributed by atoms with Crippen LogP contribution in [0.5, 0.6) is 0 Å². The number of H-pyrrole nitrogens is 1. The van der Waals surface area contributed by atoms with E-state index in [0.717, 1.165) is 17.2 Å². The molecule has 0 saturated heterocycles. The summed E-state index contributed by atoms with van der Waals surface area (Å²) in [6, 6.07) is 0. The van der Waals surface area contributed by atoms with E-state index >= 15 is 0 Å². The number of imidazole rings is 1. The summed E-state index contributed by atoms with van der Waals surface area (Å²) in [4.78, 5) is 7.16. The number of rotatable bonds is 3. The summed E-state index contributed by atoms with van der Waals surface area (Å²) in [5.41, 5.74) is 2.04. The Kier molecular flexibility index (Phi) is 2.22. The quantitative estimate of drug-likeness (QED) is 0.762. The number of nitrogens with one attached hydrogen (secondary N) is 2. The summed E-state index contributed by atoms with van der Waals surface area (Å²) in [7, 11) is 1.91. The SMILES string of the molecule is Cc1nn(C)cc1NCc1ncc[nH]1. The van der Waals surface area contributed by atoms with Gasteiger partial charge in [0, 0.05) is 25.6 Å². The monoisotopic (exact) mass is 191 g/mol. The zero-order valence-corrected chi connectivity index (χ0v) is 8.28. The van der Waals surface area contributed by atoms with Crippen molar-refractivity contribution in [2.75, 3.05) is 5.32 Å². The fraction of sp³-hybridized carbons (Fsp3) is 0.333. The molecule has 0 spiro atoms. The Morgan fingerprint density at radius 3 is 3.00 bits per heavy atom. The van der Waals surface area contributed by atoms with Gasteiger partial charge >= 0.3 is 0 Å². The minimum absolute atomic E-state index is 0.694. The van der Waals surface area contributed by atoms with Crippen LogP contribution in [0.4, 0.5) is 5.69 Å². The zero-order chi connectivity index (χ0) is 9.97. The maximum absolute atomic E-state index is 4.23. The highest BCUT2D eigenvalue weighted by Crippen LogP contribution is 2.11. The standard InChI is InChI=1S/C9H13N5/c1-7-8(6-14(2)13-7)12-5-9-10-3-4-11-9/h3-4,6,12H,5H2,1-2H3,(H,10,11). The molecule has 2 rings (SSSR count). The van der Waals surface area contributed by atoms with Crippen LogP contribution < -0.4 is 5.32 Å². The molecule has 0 atom stereocenters. The van der Waals surface area contributed by atoms with Crippen molar-refractivity contribution in [3.63, 3.8) is 0 Å². The van der Waals surface area contributed by atoms with Gasteiger partial charge in [-0.3, -0.25) is 4.68 Å². The van der Waals surface area contributed by atoms with Crippen LogP contribution in [0.15, 0.2) is 18.6 Å². The van der Waals surface area contributed by atoms with Gasteiger partial charge in [-0.1, -0.05) is 0 Å². The van der Waals surface area contributed by atoms with Gasteiger partial charge in [0.1, 0.15) is 5.82 Å². The fourth-order valence-electron chi connectivity index (χ4n) is 1.35. The van der Waals surface area contributed by atoms with Gasteiger partial charge in [-0.25, -0.2) is 4.98 Å². The van der Waals surface area contributed by atoms with Gasteiger partial charge < -0.3 is 10.3 Å². The highest BCUT2D eigenvalue weighted by atomic mass is 15.3. The first-order chi connectivity index (χ1) is 6.75. The highest BCUT2D eigenvalue weighted by molar-refractivity contribution is 5.45. The minimum Gasteiger partial charge on any atom is -0.375 e. The molecule has 0 aliphatic rings. The molecule has 0 unspecified atom stereocenters. The van der Waals surface area contributed by atoms with Crippen molar-refractivity contribution in [2.45, 2.75) is 13.5 Å². The van der Waals surface area contributed by atoms with Crippen LogP contribution in [0, 0.1) is 6.92 Å². The zero-order valence-electron chi connectivity index (χ0n) is 8.28. The van der Waals surface area contributed by atoms with Gasteiger partial charge in [0.2, 0.25) is 0 Å². The Balaban J connectivity index is 2.01. The van der Waals surface area contributed by atoms with E-state index in [4.69, 9.17) is 0 Å². The van der Waals surface area contributed by atoms with Crippen molar-refractivity contribution < 1.29 is 0 Å². The molecular formula is C9H13N5. The molecule has 5 heteroatoms. The third kappa shape index (κ3) is 1.76. The van der Waals surface area contributed by atoms with E-state index in [1.165, 1.54) is 0 Å². The van der Waals surface area contributed by atoms with Crippen LogP contribution >= 0.6 is 0 Å². The Labute approximate surface area is 82.2 Å². The molecule has 14 heavy (non-hydrogen) atoms. The lowest BCUT2D eigenvalue weighted by atomic mass is 10.4. The first kappa shape index (κ1) is 8.80. The van der Waals surface area contributed by atoms with Crippen LogP contribution in [-0.4, -0.2) is 19.7 Å². The molecule has 0 bridgehead atoms. The number of anilines is 1. The van der Waals surface area contributed by atoms with Crippen molar-refractivity contribution in [1.29, 1.82) is 0 Å². The average Bonchev–Trinajstić information content (AvgIpc) is 2.72. The molecule has 0 saturated carbocycles. The fourth-order valence-corrected chi connectivity index (χ4v) is 1.35. The number of aromatic nitrogens is 4. The number of aromatic amines is 1. The van der Waals surface area contributed by atoms with Gasteiger partial charge in [-0.15, -0.1) is 0 Å². The van der Waals surface area contributed by atoms with Gasteiger partial charge in [0.05, 0.1) is 17.9 Å². The maximum atomic E-state index is 4.23. The topological polar surface area (TPSA) is 58.5 Å². The van der Waals surface area contributed by atoms with Crippen molar-refractivity contribution in [2.24, 2.45) is 7.05 Å². The lowest BCUT2D eigenvalue weighted by Gasteiger charge is -2.00. The van der Waals surface area contributed by atoms with Crippen LogP contribution in [0.2, 0.25) is 0 Å². The van der Waals surface area contributed by atoms with Crippen LogP contribution in [0.3, 0.4) is 0 Å². The molecule has 0 radical (unpaired) electrons. The van der Waals surface area contributed by atoms with E-state index < -0.39 is 0 Å². The van der Waals surface area contributed by atoms with E-state index in [-0.39, 0.29) is 0 Å². The predicted octanol–water partition coefficient (Wildman–Crippen LogP) is 1.06. The lowest BCUT2D eigenvalue weighted by molar-refractivity contribution is 0.756. The molecule has 0 fully saturated rings. The second-order valence-electron chi connectivity index (χ2n) is 3.19. The molecule has 2 aromatic rings. The summed E-state index contributed by atoms with van der Waals surface area (Å²) < 4.78 is 1.79. The number of hydrogen-bond acceptors (Lipinski definition) is 3. The second kappa shape index (κ2) is 3.53. The number of hydrogen-bond donors (Lipinski definition) is 2. The van der Waals surface area contributed by atoms with Crippen LogP contribution in [-0.2, 0) is 13.6 Å². The summed E-state index contributed by atoms with van der Waals surface area (Å²) >= 11 is 0. The first-order valence-corrected chi connectivity index (χ1v) is 4.48. The second-order valence-corrected chi connectivity index (χ2v) is 3.19. The Morgan fingerprint density at radius 1 is 1.57 bits per heavy atom. The molecule has 74 valence electrons. The normalized spacial score (nSPS) is 10.4. The van der Waals surface area contributed by atoms with Crippen LogP contribution in [0.1, 0.15) is 11.5 Å². The third-order valence-electron chi connectivity index (χ3n) is 2.01. The molecule has 5 nitrogen and oxygen atoms in total. The average molecular weight is 191 g/mol. The predicted molar refractivity (Wildman–Crippen MR) is 53.9 cm³/mol. The number of nitrogens with zero attached hydrogens (tertiary/aromatic N) is 3. The van der Waals surface area contributed by atoms with Crippen LogP contribution in [0.25, 0.3) is 0 Å². The lowest BCUT2D eigenvalue weighted by Crippen LogP contribution is -2.01. The molecule has 2 heterocycles. The Bertz CT molecular complexity index is 401. The Morgan fingerprint density at radius 2 is 2.43 bits per heavy atom. The third-order valence-corrected chi connectivity index (χ3v) is 2.01. The van der Waals surface area contributed by atoms with Crippen molar-refractivity contribution in [3.05, 3.63) is 30.1 Å². The molecule has 0 aliphatic carbocycles. The maximum Gasteiger partial charge on any atom is 0.125 e. The van der Waals surface area contributed by atoms with Crippen molar-refractivity contribution in [1.82, 2.24) is 19.7 Å². The van der Waals surface area contributed by atoms with Gasteiger partial charge in [-0.05, 0) is 6.92 Å². The van der Waals surface area contributed by atoms with E-state index in [9.17, 15) is 0 Å². The van der Waals surface area contributed by atoms with E-state index in [0.29, 0.717) is 6.54 Å². The van der Waals surface area contributed by atoms with E-state index in [1.54, 1.807) is 10.9 Å². The van der Waals surface area contributed by atoms with E-state index in [2.05, 4.69) is 20.4 Å². The van der Waals surface area contributed by atoms with Gasteiger partial charge in [-0.2, -0.15) is 5.10 Å². The molecule has 0 aliphatic heterocycles. The molecule has 2 N–H and O–H groups in total. The largest absolute Gasteiger partial charge is 0.375 e. The van der Waals surface area contributed by atoms with Gasteiger partial charge in [0.25, 0.3) is 0 Å². The molecule has 0 amide bonds. The molecule has 0 aromatic carbocycles. The molecular weight excluding hydrogens is 178 g/mol. The summed E-state index contributed by atoms with van der Waals surface area (Å²) in [5, 5.41) is 7.49. The van der Waals surface area contributed by atoms with Crippen molar-refractivity contribution in [3.8, 4) is 0 Å². The smallest absolute Gasteiger partial charge is 0.125 e. The summed E-state index contributed by atoms with van der Waals surface area (Å²) in [6.45, 7) is 2.67. The molecule has 2 aromatic heterocycles.